The van der Waals surface area contributed by atoms with E-state index < -0.39 is 0 Å². The number of carbonyl (C=O) groups excluding carboxylic acids is 1. The molecule has 0 aromatic rings. The fourth-order valence-electron chi connectivity index (χ4n) is 1.93. The van der Waals surface area contributed by atoms with E-state index in [2.05, 4.69) is 17.6 Å². The first-order valence-corrected chi connectivity index (χ1v) is 6.86. The lowest BCUT2D eigenvalue weighted by Gasteiger charge is -2.22. The average molecular weight is 241 g/mol. The van der Waals surface area contributed by atoms with Crippen molar-refractivity contribution in [2.24, 2.45) is 0 Å². The number of hydrogen-bond donors (Lipinski definition) is 1. The number of nitrogens with one attached hydrogen (secondary N) is 1. The van der Waals surface area contributed by atoms with Crippen LogP contribution in [0.1, 0.15) is 45.4 Å². The maximum Gasteiger partial charge on any atom is 0.305 e. The third-order valence-corrected chi connectivity index (χ3v) is 3.00. The minimum Gasteiger partial charge on any atom is -0.466 e. The molecule has 1 saturated heterocycles. The lowest BCUT2D eigenvalue weighted by atomic mass is 10.1. The Morgan fingerprint density at radius 1 is 1.41 bits per heavy atom. The molecule has 1 aliphatic rings. The molecule has 0 saturated carbocycles. The molecule has 1 radical (unpaired) electrons. The van der Waals surface area contributed by atoms with E-state index >= 15 is 0 Å². The summed E-state index contributed by atoms with van der Waals surface area (Å²) in [5.41, 5.74) is 0. The first-order chi connectivity index (χ1) is 8.33. The fourth-order valence-corrected chi connectivity index (χ4v) is 1.93. The molecule has 0 amide bonds. The van der Waals surface area contributed by atoms with Gasteiger partial charge in [0.1, 0.15) is 0 Å². The Labute approximate surface area is 104 Å². The zero-order chi connectivity index (χ0) is 12.3. The van der Waals surface area contributed by atoms with E-state index in [0.29, 0.717) is 19.1 Å². The van der Waals surface area contributed by atoms with Crippen LogP contribution in [0.2, 0.25) is 0 Å². The number of ether oxygens (including phenoxy) is 1. The number of esters is 1. The summed E-state index contributed by atoms with van der Waals surface area (Å²) >= 11 is 0. The molecule has 1 unspecified atom stereocenters. The molecule has 4 nitrogen and oxygen atoms in total. The van der Waals surface area contributed by atoms with Crippen molar-refractivity contribution in [3.05, 3.63) is 0 Å². The summed E-state index contributed by atoms with van der Waals surface area (Å²) in [6, 6.07) is 0.330. The van der Waals surface area contributed by atoms with Gasteiger partial charge in [0, 0.05) is 32.1 Å². The van der Waals surface area contributed by atoms with Crippen LogP contribution in [-0.2, 0) is 9.53 Å². The van der Waals surface area contributed by atoms with Crippen LogP contribution >= 0.6 is 0 Å². The van der Waals surface area contributed by atoms with Crippen molar-refractivity contribution < 1.29 is 9.53 Å². The summed E-state index contributed by atoms with van der Waals surface area (Å²) in [5.74, 6) is -0.0510. The van der Waals surface area contributed by atoms with Crippen molar-refractivity contribution in [2.75, 3.05) is 26.2 Å². The van der Waals surface area contributed by atoms with Gasteiger partial charge in [0.2, 0.25) is 0 Å². The monoisotopic (exact) mass is 241 g/mol. The van der Waals surface area contributed by atoms with Crippen LogP contribution in [-0.4, -0.2) is 38.3 Å². The summed E-state index contributed by atoms with van der Waals surface area (Å²) < 4.78 is 5.20. The van der Waals surface area contributed by atoms with E-state index in [1.54, 1.807) is 0 Å². The van der Waals surface area contributed by atoms with E-state index in [1.165, 1.54) is 12.8 Å². The van der Waals surface area contributed by atoms with Gasteiger partial charge in [0.25, 0.3) is 0 Å². The van der Waals surface area contributed by atoms with E-state index in [4.69, 9.17) is 4.74 Å². The molecule has 1 rings (SSSR count). The van der Waals surface area contributed by atoms with Gasteiger partial charge in [0.05, 0.1) is 6.61 Å². The second-order valence-corrected chi connectivity index (χ2v) is 4.58. The minimum atomic E-state index is -0.0510. The van der Waals surface area contributed by atoms with Crippen LogP contribution in [0.25, 0.3) is 0 Å². The molecule has 17 heavy (non-hydrogen) atoms. The maximum absolute atomic E-state index is 11.4. The topological polar surface area (TPSA) is 52.4 Å². The van der Waals surface area contributed by atoms with Gasteiger partial charge in [0.15, 0.2) is 0 Å². The summed E-state index contributed by atoms with van der Waals surface area (Å²) in [4.78, 5) is 11.4. The third kappa shape index (κ3) is 7.34. The second kappa shape index (κ2) is 9.42. The molecule has 1 heterocycles. The first-order valence-electron chi connectivity index (χ1n) is 6.86. The fraction of sp³-hybridized carbons (Fsp3) is 0.923. The van der Waals surface area contributed by atoms with E-state index in [1.807, 2.05) is 0 Å². The molecule has 1 aliphatic heterocycles. The van der Waals surface area contributed by atoms with Crippen LogP contribution in [0.3, 0.4) is 0 Å². The molecule has 1 atom stereocenters. The van der Waals surface area contributed by atoms with Gasteiger partial charge >= 0.3 is 5.97 Å². The lowest BCUT2D eigenvalue weighted by molar-refractivity contribution is -0.144. The normalized spacial score (nSPS) is 20.2. The number of carbonyl (C=O) groups is 1. The minimum absolute atomic E-state index is 0.0510. The zero-order valence-electron chi connectivity index (χ0n) is 10.9. The quantitative estimate of drug-likeness (QED) is 0.517. The molecule has 4 heteroatoms. The van der Waals surface area contributed by atoms with Gasteiger partial charge in [-0.15, -0.1) is 0 Å². The predicted octanol–water partition coefficient (Wildman–Crippen LogP) is 1.47. The number of nitrogens with zero attached hydrogens (tertiary/aromatic N) is 1. The third-order valence-electron chi connectivity index (χ3n) is 3.00. The van der Waals surface area contributed by atoms with Gasteiger partial charge < -0.3 is 10.1 Å². The van der Waals surface area contributed by atoms with Gasteiger partial charge in [-0.3, -0.25) is 4.79 Å². The van der Waals surface area contributed by atoms with Crippen molar-refractivity contribution in [2.45, 2.75) is 51.5 Å². The maximum atomic E-state index is 11.4. The molecule has 99 valence electrons. The number of rotatable bonds is 8. The van der Waals surface area contributed by atoms with Gasteiger partial charge in [-0.2, -0.15) is 0 Å². The highest BCUT2D eigenvalue weighted by atomic mass is 16.5. The van der Waals surface area contributed by atoms with Crippen LogP contribution in [0.15, 0.2) is 0 Å². The molecular weight excluding hydrogens is 216 g/mol. The van der Waals surface area contributed by atoms with Crippen molar-refractivity contribution in [1.82, 2.24) is 10.6 Å². The van der Waals surface area contributed by atoms with Crippen molar-refractivity contribution in [3.63, 3.8) is 0 Å². The Balaban J connectivity index is 1.92. The largest absolute Gasteiger partial charge is 0.466 e. The summed E-state index contributed by atoms with van der Waals surface area (Å²) in [6.45, 7) is 5.47. The Morgan fingerprint density at radius 3 is 3.00 bits per heavy atom. The van der Waals surface area contributed by atoms with E-state index in [-0.39, 0.29) is 5.97 Å². The SMILES string of the molecule is CCCCCCC(=O)OCCC1CNCC[N]1. The highest BCUT2D eigenvalue weighted by Crippen LogP contribution is 2.04. The molecular formula is C13H25N2O2. The van der Waals surface area contributed by atoms with Crippen LogP contribution in [0.4, 0.5) is 0 Å². The Bertz CT molecular complexity index is 204. The highest BCUT2D eigenvalue weighted by molar-refractivity contribution is 5.69. The van der Waals surface area contributed by atoms with Gasteiger partial charge in [-0.1, -0.05) is 26.2 Å². The molecule has 0 spiro atoms. The lowest BCUT2D eigenvalue weighted by Crippen LogP contribution is -2.44. The van der Waals surface area contributed by atoms with Crippen molar-refractivity contribution in [3.8, 4) is 0 Å². The van der Waals surface area contributed by atoms with Crippen molar-refractivity contribution in [1.29, 1.82) is 0 Å². The van der Waals surface area contributed by atoms with Gasteiger partial charge in [-0.05, 0) is 12.8 Å². The molecule has 1 N–H and O–H groups in total. The highest BCUT2D eigenvalue weighted by Gasteiger charge is 2.13. The zero-order valence-corrected chi connectivity index (χ0v) is 10.9. The second-order valence-electron chi connectivity index (χ2n) is 4.58. The Morgan fingerprint density at radius 2 is 2.29 bits per heavy atom. The summed E-state index contributed by atoms with van der Waals surface area (Å²) in [5, 5.41) is 7.75. The van der Waals surface area contributed by atoms with Crippen LogP contribution in [0.5, 0.6) is 0 Å². The van der Waals surface area contributed by atoms with E-state index in [9.17, 15) is 4.79 Å². The molecule has 0 bridgehead atoms. The average Bonchev–Trinajstić information content (AvgIpc) is 2.36. The number of unbranched alkanes of at least 4 members (excludes halogenated alkanes) is 3. The smallest absolute Gasteiger partial charge is 0.305 e. The van der Waals surface area contributed by atoms with Crippen molar-refractivity contribution >= 4 is 5.97 Å². The molecule has 1 fully saturated rings. The number of hydrogen-bond acceptors (Lipinski definition) is 3. The van der Waals surface area contributed by atoms with E-state index in [0.717, 1.165) is 38.9 Å². The predicted molar refractivity (Wildman–Crippen MR) is 68.0 cm³/mol. The summed E-state index contributed by atoms with van der Waals surface area (Å²) in [6.07, 6.45) is 5.93. The Kier molecular flexibility index (Phi) is 8.01. The Hall–Kier alpha value is -0.610. The number of piperazine rings is 1. The molecule has 0 aromatic heterocycles. The van der Waals surface area contributed by atoms with Crippen LogP contribution in [0, 0.1) is 0 Å². The molecule has 0 aromatic carbocycles. The molecule has 0 aliphatic carbocycles. The van der Waals surface area contributed by atoms with Gasteiger partial charge in [-0.25, -0.2) is 5.32 Å². The first kappa shape index (κ1) is 14.5. The van der Waals surface area contributed by atoms with Crippen LogP contribution < -0.4 is 10.6 Å². The standard InChI is InChI=1S/C13H25N2O2/c1-2-3-4-5-6-13(16)17-10-7-12-11-14-8-9-15-12/h12,14H,2-11H2,1H3. The summed E-state index contributed by atoms with van der Waals surface area (Å²) in [7, 11) is 0.